The van der Waals surface area contributed by atoms with Crippen LogP contribution in [0.4, 0.5) is 0 Å². The number of fused-ring (bicyclic) bond motifs is 3. The van der Waals surface area contributed by atoms with Crippen LogP contribution >= 0.6 is 11.6 Å². The van der Waals surface area contributed by atoms with E-state index in [0.29, 0.717) is 22.8 Å². The van der Waals surface area contributed by atoms with E-state index in [1.807, 2.05) is 12.2 Å². The van der Waals surface area contributed by atoms with Gasteiger partial charge in [0.2, 0.25) is 5.78 Å². The predicted molar refractivity (Wildman–Crippen MR) is 124 cm³/mol. The highest BCUT2D eigenvalue weighted by molar-refractivity contribution is 6.46. The van der Waals surface area contributed by atoms with Crippen LogP contribution < -0.4 is 0 Å². The van der Waals surface area contributed by atoms with Gasteiger partial charge in [-0.05, 0) is 31.9 Å². The molecule has 1 aliphatic carbocycles. The molecule has 2 heterocycles. The van der Waals surface area contributed by atoms with E-state index in [0.717, 1.165) is 6.42 Å². The van der Waals surface area contributed by atoms with Crippen molar-refractivity contribution in [2.45, 2.75) is 52.7 Å². The Balaban J connectivity index is 2.25. The van der Waals surface area contributed by atoms with Gasteiger partial charge < -0.3 is 19.8 Å². The lowest BCUT2D eigenvalue weighted by Crippen LogP contribution is -2.43. The fourth-order valence-corrected chi connectivity index (χ4v) is 4.35. The zero-order chi connectivity index (χ0) is 24.7. The number of nitrogens with zero attached hydrogens (tertiary/aromatic N) is 1. The van der Waals surface area contributed by atoms with Gasteiger partial charge in [-0.3, -0.25) is 9.59 Å². The number of carbonyl (C=O) groups is 3. The van der Waals surface area contributed by atoms with Crippen molar-refractivity contribution >= 4 is 29.1 Å². The SMILES string of the molecule is CC[C@H](C)/C=C/C1=CC2=C(Cl)C(=O)[C@@]3(C)OC(=O)C(C(=O)[C@H](C)[C@@H](C)O)=C3C2=CN1CCO. The van der Waals surface area contributed by atoms with Crippen LogP contribution in [0.25, 0.3) is 0 Å². The van der Waals surface area contributed by atoms with Gasteiger partial charge in [0.05, 0.1) is 17.7 Å². The molecule has 0 aromatic carbocycles. The monoisotopic (exact) mass is 475 g/mol. The second-order valence-corrected chi connectivity index (χ2v) is 9.27. The van der Waals surface area contributed by atoms with Crippen molar-refractivity contribution in [2.75, 3.05) is 13.2 Å². The summed E-state index contributed by atoms with van der Waals surface area (Å²) in [5, 5.41) is 19.5. The van der Waals surface area contributed by atoms with Crippen molar-refractivity contribution in [3.05, 3.63) is 57.4 Å². The van der Waals surface area contributed by atoms with E-state index < -0.39 is 35.2 Å². The Kier molecular flexibility index (Phi) is 7.17. The normalized spacial score (nSPS) is 25.5. The number of β-amino-alcohol motifs (C(OH)–C–C–N with tert-alkyl or cyclic N) is 1. The van der Waals surface area contributed by atoms with Gasteiger partial charge in [0, 0.05) is 41.1 Å². The van der Waals surface area contributed by atoms with Crippen LogP contribution in [0.1, 0.15) is 41.0 Å². The van der Waals surface area contributed by atoms with Gasteiger partial charge in [-0.15, -0.1) is 0 Å². The number of esters is 1. The molecule has 0 unspecified atom stereocenters. The van der Waals surface area contributed by atoms with Crippen LogP contribution in [0.15, 0.2) is 57.4 Å². The molecule has 7 nitrogen and oxygen atoms in total. The Morgan fingerprint density at radius 2 is 1.97 bits per heavy atom. The molecule has 2 N–H and O–H groups in total. The molecule has 0 aromatic heterocycles. The van der Waals surface area contributed by atoms with E-state index in [1.54, 1.807) is 17.2 Å². The Morgan fingerprint density at radius 3 is 2.55 bits per heavy atom. The van der Waals surface area contributed by atoms with Gasteiger partial charge >= 0.3 is 5.97 Å². The molecule has 3 aliphatic rings. The Bertz CT molecular complexity index is 1050. The molecule has 0 saturated carbocycles. The average Bonchev–Trinajstić information content (AvgIpc) is 3.06. The van der Waals surface area contributed by atoms with Crippen LogP contribution in [-0.2, 0) is 19.1 Å². The van der Waals surface area contributed by atoms with E-state index >= 15 is 0 Å². The topological polar surface area (TPSA) is 104 Å². The first-order valence-corrected chi connectivity index (χ1v) is 11.5. The fourth-order valence-electron chi connectivity index (χ4n) is 4.02. The number of ether oxygens (including phenoxy) is 1. The Labute approximate surface area is 198 Å². The summed E-state index contributed by atoms with van der Waals surface area (Å²) in [7, 11) is 0. The quantitative estimate of drug-likeness (QED) is 0.411. The van der Waals surface area contributed by atoms with Crippen molar-refractivity contribution in [1.29, 1.82) is 0 Å². The smallest absolute Gasteiger partial charge is 0.343 e. The van der Waals surface area contributed by atoms with Gasteiger partial charge in [-0.1, -0.05) is 44.9 Å². The van der Waals surface area contributed by atoms with E-state index in [-0.39, 0.29) is 29.3 Å². The standard InChI is InChI=1S/C25H30ClNO6/c1-6-13(2)7-8-16-11-17-18(12-27(16)9-10-28)20-19(22(30)14(3)15(4)29)24(32)33-25(20,5)23(31)21(17)26/h7-8,11-15,28-29H,6,9-10H2,1-5H3/b8-7+/t13-,14+,15+,25-/m0/s1. The third-order valence-electron chi connectivity index (χ3n) is 6.53. The lowest BCUT2D eigenvalue weighted by atomic mass is 9.74. The van der Waals surface area contributed by atoms with Gasteiger partial charge in [0.15, 0.2) is 11.4 Å². The maximum Gasteiger partial charge on any atom is 0.343 e. The Morgan fingerprint density at radius 1 is 1.30 bits per heavy atom. The first kappa shape index (κ1) is 25.1. The zero-order valence-electron chi connectivity index (χ0n) is 19.5. The molecule has 0 amide bonds. The minimum absolute atomic E-state index is 0.0873. The molecular formula is C25H30ClNO6. The number of Topliss-reactive ketones (excluding diaryl/α,β-unsaturated/α-hetero) is 2. The number of carbonyl (C=O) groups excluding carboxylic acids is 3. The van der Waals surface area contributed by atoms with E-state index in [9.17, 15) is 24.6 Å². The van der Waals surface area contributed by atoms with Gasteiger partial charge in [-0.25, -0.2) is 4.79 Å². The molecule has 0 radical (unpaired) electrons. The predicted octanol–water partition coefficient (Wildman–Crippen LogP) is 2.94. The van der Waals surface area contributed by atoms with Crippen LogP contribution in [0.5, 0.6) is 0 Å². The van der Waals surface area contributed by atoms with Crippen molar-refractivity contribution in [3.63, 3.8) is 0 Å². The molecule has 0 saturated heterocycles. The molecule has 0 spiro atoms. The van der Waals surface area contributed by atoms with E-state index in [2.05, 4.69) is 13.8 Å². The molecule has 0 bridgehead atoms. The number of aliphatic hydroxyl groups is 2. The summed E-state index contributed by atoms with van der Waals surface area (Å²) in [4.78, 5) is 41.0. The molecule has 2 aliphatic heterocycles. The molecule has 33 heavy (non-hydrogen) atoms. The van der Waals surface area contributed by atoms with Crippen molar-refractivity contribution in [2.24, 2.45) is 11.8 Å². The first-order chi connectivity index (χ1) is 15.5. The maximum absolute atomic E-state index is 13.2. The highest BCUT2D eigenvalue weighted by Gasteiger charge is 2.57. The molecule has 4 atom stereocenters. The van der Waals surface area contributed by atoms with Gasteiger partial charge in [-0.2, -0.15) is 0 Å². The zero-order valence-corrected chi connectivity index (χ0v) is 20.3. The summed E-state index contributed by atoms with van der Waals surface area (Å²) in [6.45, 7) is 8.67. The second kappa shape index (κ2) is 9.41. The first-order valence-electron chi connectivity index (χ1n) is 11.1. The lowest BCUT2D eigenvalue weighted by molar-refractivity contribution is -0.153. The maximum atomic E-state index is 13.2. The summed E-state index contributed by atoms with van der Waals surface area (Å²) in [5.74, 6) is -2.67. The molecule has 0 aromatic rings. The number of allylic oxidation sites excluding steroid dienone is 4. The van der Waals surface area contributed by atoms with Crippen LogP contribution in [0.2, 0.25) is 0 Å². The highest BCUT2D eigenvalue weighted by atomic mass is 35.5. The number of halogens is 1. The van der Waals surface area contributed by atoms with Gasteiger partial charge in [0.1, 0.15) is 5.57 Å². The minimum atomic E-state index is -1.74. The molecule has 0 fully saturated rings. The lowest BCUT2D eigenvalue weighted by Gasteiger charge is -2.36. The largest absolute Gasteiger partial charge is 0.442 e. The number of ketones is 2. The summed E-state index contributed by atoms with van der Waals surface area (Å²) in [6, 6.07) is 0. The number of hydrogen-bond acceptors (Lipinski definition) is 7. The average molecular weight is 476 g/mol. The van der Waals surface area contributed by atoms with E-state index in [1.165, 1.54) is 20.8 Å². The van der Waals surface area contributed by atoms with Crippen molar-refractivity contribution < 1.29 is 29.3 Å². The second-order valence-electron chi connectivity index (χ2n) is 8.90. The number of hydrogen-bond donors (Lipinski definition) is 2. The summed E-state index contributed by atoms with van der Waals surface area (Å²) >= 11 is 6.48. The van der Waals surface area contributed by atoms with Gasteiger partial charge in [0.25, 0.3) is 0 Å². The van der Waals surface area contributed by atoms with Crippen molar-refractivity contribution in [3.8, 4) is 0 Å². The van der Waals surface area contributed by atoms with Crippen LogP contribution in [0, 0.1) is 11.8 Å². The third kappa shape index (κ3) is 4.25. The summed E-state index contributed by atoms with van der Waals surface area (Å²) in [6.07, 6.45) is 7.29. The van der Waals surface area contributed by atoms with Crippen molar-refractivity contribution in [1.82, 2.24) is 4.90 Å². The van der Waals surface area contributed by atoms with Crippen LogP contribution in [-0.4, -0.2) is 57.5 Å². The fraction of sp³-hybridized carbons (Fsp3) is 0.480. The Hall–Kier alpha value is -2.48. The number of aliphatic hydroxyl groups excluding tert-OH is 2. The highest BCUT2D eigenvalue weighted by Crippen LogP contribution is 2.50. The molecular weight excluding hydrogens is 446 g/mol. The summed E-state index contributed by atoms with van der Waals surface area (Å²) < 4.78 is 5.44. The summed E-state index contributed by atoms with van der Waals surface area (Å²) in [5.41, 5.74) is -0.311. The molecule has 3 rings (SSSR count). The van der Waals surface area contributed by atoms with E-state index in [4.69, 9.17) is 16.3 Å². The molecule has 178 valence electrons. The minimum Gasteiger partial charge on any atom is -0.442 e. The molecule has 8 heteroatoms. The van der Waals surface area contributed by atoms with Crippen LogP contribution in [0.3, 0.4) is 0 Å². The third-order valence-corrected chi connectivity index (χ3v) is 6.90. The number of rotatable bonds is 8.